The molecule has 7 nitrogen and oxygen atoms in total. The summed E-state index contributed by atoms with van der Waals surface area (Å²) in [6.45, 7) is 1.61. The zero-order valence-electron chi connectivity index (χ0n) is 15.9. The lowest BCUT2D eigenvalue weighted by atomic mass is 9.76. The first-order chi connectivity index (χ1) is 13.9. The Bertz CT molecular complexity index is 987. The highest BCUT2D eigenvalue weighted by Gasteiger charge is 2.50. The minimum absolute atomic E-state index is 0.0624. The van der Waals surface area contributed by atoms with Gasteiger partial charge in [-0.1, -0.05) is 6.92 Å². The Morgan fingerprint density at radius 3 is 2.60 bits per heavy atom. The van der Waals surface area contributed by atoms with Gasteiger partial charge in [0.25, 0.3) is 0 Å². The first-order valence-corrected chi connectivity index (χ1v) is 10.2. The Morgan fingerprint density at radius 1 is 1.27 bits per heavy atom. The lowest BCUT2D eigenvalue weighted by molar-refractivity contribution is -0.117. The van der Waals surface area contributed by atoms with Gasteiger partial charge >= 0.3 is 15.6 Å². The van der Waals surface area contributed by atoms with E-state index in [2.05, 4.69) is 4.18 Å². The number of fused-ring (bicyclic) bond motifs is 1. The van der Waals surface area contributed by atoms with Crippen LogP contribution < -0.4 is 8.92 Å². The van der Waals surface area contributed by atoms with Crippen LogP contribution >= 0.6 is 0 Å². The Balaban J connectivity index is 1.93. The Morgan fingerprint density at radius 2 is 1.97 bits per heavy atom. The number of halogens is 4. The minimum Gasteiger partial charge on any atom is -0.493 e. The van der Waals surface area contributed by atoms with Crippen molar-refractivity contribution in [1.82, 2.24) is 0 Å². The van der Waals surface area contributed by atoms with Gasteiger partial charge in [0.15, 0.2) is 24.1 Å². The molecule has 0 unspecified atom stereocenters. The van der Waals surface area contributed by atoms with Crippen LogP contribution in [0.25, 0.3) is 0 Å². The zero-order chi connectivity index (χ0) is 22.3. The molecule has 0 spiro atoms. The molecule has 1 aliphatic heterocycles. The third-order valence-corrected chi connectivity index (χ3v) is 6.09. The molecule has 1 fully saturated rings. The van der Waals surface area contributed by atoms with Crippen molar-refractivity contribution < 1.29 is 49.2 Å². The van der Waals surface area contributed by atoms with E-state index >= 15 is 0 Å². The van der Waals surface area contributed by atoms with Crippen LogP contribution in [0.1, 0.15) is 25.3 Å². The number of ether oxygens (including phenoxy) is 3. The molecule has 1 aromatic rings. The maximum atomic E-state index is 14.6. The molecule has 12 heteroatoms. The van der Waals surface area contributed by atoms with E-state index in [1.54, 1.807) is 6.92 Å². The Labute approximate surface area is 169 Å². The fourth-order valence-electron chi connectivity index (χ4n) is 3.53. The average molecular weight is 454 g/mol. The summed E-state index contributed by atoms with van der Waals surface area (Å²) in [7, 11) is -4.95. The van der Waals surface area contributed by atoms with Crippen LogP contribution in [-0.4, -0.2) is 39.2 Å². The number of alkyl halides is 3. The van der Waals surface area contributed by atoms with Gasteiger partial charge in [-0.15, -0.1) is 0 Å². The fourth-order valence-corrected chi connectivity index (χ4v) is 3.99. The second-order valence-corrected chi connectivity index (χ2v) is 8.49. The SMILES string of the molecule is COc1cc(F)c(C[C@H](C)[C@]23CCC(=O)C=C2OCO3)cc1OS(=O)(=O)C(F)(F)F. The predicted octanol–water partition coefficient (Wildman–Crippen LogP) is 3.23. The fraction of sp³-hybridized carbons (Fsp3) is 0.500. The van der Waals surface area contributed by atoms with E-state index in [4.69, 9.17) is 14.2 Å². The van der Waals surface area contributed by atoms with Crippen LogP contribution in [0, 0.1) is 11.7 Å². The second-order valence-electron chi connectivity index (χ2n) is 6.95. The number of methoxy groups -OCH3 is 1. The van der Waals surface area contributed by atoms with E-state index in [9.17, 15) is 30.8 Å². The van der Waals surface area contributed by atoms with Crippen LogP contribution in [0.3, 0.4) is 0 Å². The van der Waals surface area contributed by atoms with Crippen molar-refractivity contribution in [2.75, 3.05) is 13.9 Å². The summed E-state index contributed by atoms with van der Waals surface area (Å²) < 4.78 is 95.3. The molecule has 1 heterocycles. The van der Waals surface area contributed by atoms with Crippen molar-refractivity contribution in [3.05, 3.63) is 35.3 Å². The molecule has 0 saturated carbocycles. The van der Waals surface area contributed by atoms with Crippen molar-refractivity contribution in [3.8, 4) is 11.5 Å². The van der Waals surface area contributed by atoms with Crippen molar-refractivity contribution in [2.45, 2.75) is 37.3 Å². The maximum absolute atomic E-state index is 14.6. The summed E-state index contributed by atoms with van der Waals surface area (Å²) in [5.74, 6) is -2.43. The van der Waals surface area contributed by atoms with Gasteiger partial charge in [0.05, 0.1) is 7.11 Å². The second kappa shape index (κ2) is 7.73. The summed E-state index contributed by atoms with van der Waals surface area (Å²) in [5.41, 5.74) is -6.77. The number of ketones is 1. The number of benzene rings is 1. The number of hydrogen-bond acceptors (Lipinski definition) is 7. The molecule has 0 aromatic heterocycles. The molecular formula is C18H18F4O7S. The van der Waals surface area contributed by atoms with Crippen molar-refractivity contribution in [3.63, 3.8) is 0 Å². The number of carbonyl (C=O) groups is 1. The van der Waals surface area contributed by atoms with Gasteiger partial charge in [-0.25, -0.2) is 4.39 Å². The van der Waals surface area contributed by atoms with Crippen LogP contribution in [0.4, 0.5) is 17.6 Å². The van der Waals surface area contributed by atoms with Crippen LogP contribution in [0.15, 0.2) is 24.0 Å². The van der Waals surface area contributed by atoms with Gasteiger partial charge in [-0.3, -0.25) is 4.79 Å². The average Bonchev–Trinajstić information content (AvgIpc) is 3.07. The first-order valence-electron chi connectivity index (χ1n) is 8.78. The smallest absolute Gasteiger partial charge is 0.493 e. The quantitative estimate of drug-likeness (QED) is 0.371. The van der Waals surface area contributed by atoms with Gasteiger partial charge in [0.2, 0.25) is 0 Å². The largest absolute Gasteiger partial charge is 0.534 e. The standard InChI is InChI=1S/C18H18F4O7S/c1-10(17-4-3-12(23)7-16(17)27-9-28-17)5-11-6-15(14(26-2)8-13(11)19)29-30(24,25)18(20,21)22/h6-8,10H,3-5,9H2,1-2H3/t10-,17+/m0/s1. The molecule has 166 valence electrons. The van der Waals surface area contributed by atoms with E-state index in [0.717, 1.165) is 19.2 Å². The summed E-state index contributed by atoms with van der Waals surface area (Å²) >= 11 is 0. The highest BCUT2D eigenvalue weighted by molar-refractivity contribution is 7.88. The monoisotopic (exact) mass is 454 g/mol. The molecule has 0 amide bonds. The number of carbonyl (C=O) groups excluding carboxylic acids is 1. The molecule has 1 aromatic carbocycles. The molecule has 3 rings (SSSR count). The van der Waals surface area contributed by atoms with E-state index in [-0.39, 0.29) is 31.0 Å². The molecule has 1 saturated heterocycles. The van der Waals surface area contributed by atoms with Crippen molar-refractivity contribution in [1.29, 1.82) is 0 Å². The Hall–Kier alpha value is -2.34. The Kier molecular flexibility index (Phi) is 5.76. The van der Waals surface area contributed by atoms with Gasteiger partial charge in [-0.2, -0.15) is 21.6 Å². The molecule has 1 aliphatic carbocycles. The van der Waals surface area contributed by atoms with Gasteiger partial charge in [0.1, 0.15) is 17.2 Å². The molecule has 0 N–H and O–H groups in total. The molecule has 0 radical (unpaired) electrons. The van der Waals surface area contributed by atoms with Crippen LogP contribution in [0.5, 0.6) is 11.5 Å². The minimum atomic E-state index is -5.98. The third kappa shape index (κ3) is 3.97. The number of hydrogen-bond donors (Lipinski definition) is 0. The van der Waals surface area contributed by atoms with Crippen molar-refractivity contribution >= 4 is 15.9 Å². The van der Waals surface area contributed by atoms with E-state index in [1.165, 1.54) is 6.08 Å². The van der Waals surface area contributed by atoms with Crippen LogP contribution in [0.2, 0.25) is 0 Å². The number of allylic oxidation sites excluding steroid dienone is 1. The first kappa shape index (κ1) is 22.3. The normalized spacial score (nSPS) is 22.7. The zero-order valence-corrected chi connectivity index (χ0v) is 16.7. The van der Waals surface area contributed by atoms with E-state index < -0.39 is 44.5 Å². The summed E-state index contributed by atoms with van der Waals surface area (Å²) in [6, 6.07) is 1.59. The lowest BCUT2D eigenvalue weighted by Crippen LogP contribution is -2.41. The number of rotatable bonds is 6. The topological polar surface area (TPSA) is 88.1 Å². The third-order valence-electron chi connectivity index (χ3n) is 5.12. The summed E-state index contributed by atoms with van der Waals surface area (Å²) in [6.07, 6.45) is 1.75. The molecule has 2 aliphatic rings. The van der Waals surface area contributed by atoms with E-state index in [0.29, 0.717) is 12.2 Å². The van der Waals surface area contributed by atoms with E-state index in [1.807, 2.05) is 0 Å². The predicted molar refractivity (Wildman–Crippen MR) is 93.5 cm³/mol. The highest BCUT2D eigenvalue weighted by atomic mass is 32.2. The summed E-state index contributed by atoms with van der Waals surface area (Å²) in [4.78, 5) is 11.7. The van der Waals surface area contributed by atoms with Gasteiger partial charge in [0, 0.05) is 18.6 Å². The van der Waals surface area contributed by atoms with Gasteiger partial charge in [-0.05, 0) is 30.4 Å². The van der Waals surface area contributed by atoms with Gasteiger partial charge < -0.3 is 18.4 Å². The summed E-state index contributed by atoms with van der Waals surface area (Å²) in [5, 5.41) is 0. The lowest BCUT2D eigenvalue weighted by Gasteiger charge is -2.35. The molecule has 2 atom stereocenters. The maximum Gasteiger partial charge on any atom is 0.534 e. The molecule has 30 heavy (non-hydrogen) atoms. The highest BCUT2D eigenvalue weighted by Crippen LogP contribution is 2.45. The molecule has 0 bridgehead atoms. The molecular weight excluding hydrogens is 436 g/mol. The van der Waals surface area contributed by atoms with Crippen LogP contribution in [-0.2, 0) is 30.8 Å². The van der Waals surface area contributed by atoms with Crippen molar-refractivity contribution in [2.24, 2.45) is 5.92 Å².